The summed E-state index contributed by atoms with van der Waals surface area (Å²) >= 11 is -13.2. The molecule has 0 aliphatic rings. The van der Waals surface area contributed by atoms with Crippen LogP contribution in [0.15, 0.2) is 6.07 Å². The lowest BCUT2D eigenvalue weighted by atomic mass is 10.2. The zero-order valence-electron chi connectivity index (χ0n) is 8.59. The standard InChI is InChI=1S/C7H4I3NO8/c11-6-3(9(16)17)1-2(8(14)15)4(7(12)13)5(6)10(18)19/h1H,11H2,(H,12,13). The van der Waals surface area contributed by atoms with E-state index in [1.807, 2.05) is 0 Å². The van der Waals surface area contributed by atoms with Crippen LogP contribution in [0.5, 0.6) is 0 Å². The average Bonchev–Trinajstić information content (AvgIpc) is 2.26. The summed E-state index contributed by atoms with van der Waals surface area (Å²) in [6.45, 7) is 0. The van der Waals surface area contributed by atoms with Gasteiger partial charge in [0.25, 0.3) is 0 Å². The van der Waals surface area contributed by atoms with Crippen molar-refractivity contribution >= 4 is 71.0 Å². The Bertz CT molecular complexity index is 762. The van der Waals surface area contributed by atoms with Crippen LogP contribution in [0.4, 0.5) is 5.69 Å². The van der Waals surface area contributed by atoms with E-state index in [0.29, 0.717) is 6.07 Å². The van der Waals surface area contributed by atoms with E-state index >= 15 is 0 Å². The van der Waals surface area contributed by atoms with E-state index < -0.39 is 87.3 Å². The molecule has 1 aromatic carbocycles. The van der Waals surface area contributed by atoms with Crippen molar-refractivity contribution in [3.8, 4) is 0 Å². The second-order valence-corrected chi connectivity index (χ2v) is 10.0. The van der Waals surface area contributed by atoms with E-state index in [9.17, 15) is 23.2 Å². The Balaban J connectivity index is 4.12. The van der Waals surface area contributed by atoms with Gasteiger partial charge in [-0.25, -0.2) is 23.2 Å². The number of benzene rings is 1. The molecule has 3 N–H and O–H groups in total. The first kappa shape index (κ1) is 16.5. The minimum Gasteiger partial charge on any atom is -0.478 e. The maximum atomic E-state index is 11.1. The number of carboxylic acid groups (broad SMARTS) is 1. The smallest absolute Gasteiger partial charge is 0.343 e. The summed E-state index contributed by atoms with van der Waals surface area (Å²) < 4.78 is 63.9. The molecule has 0 aliphatic heterocycles. The van der Waals surface area contributed by atoms with Crippen LogP contribution >= 0.6 is 59.4 Å². The molecule has 19 heavy (non-hydrogen) atoms. The number of nitrogen functional groups attached to an aromatic ring is 1. The normalized spacial score (nSPS) is 11.3. The highest BCUT2D eigenvalue weighted by Crippen LogP contribution is 2.39. The molecule has 0 atom stereocenters. The highest BCUT2D eigenvalue weighted by molar-refractivity contribution is 14.2. The van der Waals surface area contributed by atoms with E-state index in [1.54, 1.807) is 0 Å². The highest BCUT2D eigenvalue weighted by Gasteiger charge is 2.28. The maximum Gasteiger partial charge on any atom is 0.343 e. The second-order valence-electron chi connectivity index (χ2n) is 2.90. The Morgan fingerprint density at radius 3 is 1.74 bits per heavy atom. The third-order valence-electron chi connectivity index (χ3n) is 1.91. The summed E-state index contributed by atoms with van der Waals surface area (Å²) in [7, 11) is 0. The van der Waals surface area contributed by atoms with E-state index in [0.717, 1.165) is 0 Å². The lowest BCUT2D eigenvalue weighted by Gasteiger charge is -2.06. The Labute approximate surface area is 126 Å². The number of nitrogens with two attached hydrogens (primary N) is 1. The number of carboxylic acids is 1. The maximum absolute atomic E-state index is 11.1. The predicted molar refractivity (Wildman–Crippen MR) is 80.1 cm³/mol. The van der Waals surface area contributed by atoms with Crippen LogP contribution in [0.3, 0.4) is 0 Å². The van der Waals surface area contributed by atoms with Gasteiger partial charge in [-0.3, -0.25) is 0 Å². The average molecular weight is 611 g/mol. The fraction of sp³-hybridized carbons (Fsp3) is 0. The molecule has 0 amide bonds. The van der Waals surface area contributed by atoms with Crippen molar-refractivity contribution in [2.45, 2.75) is 0 Å². The molecule has 0 unspecified atom stereocenters. The molecular weight excluding hydrogens is 607 g/mol. The second kappa shape index (κ2) is 6.29. The Morgan fingerprint density at radius 2 is 1.42 bits per heavy atom. The van der Waals surface area contributed by atoms with Crippen molar-refractivity contribution < 1.29 is 28.3 Å². The summed E-state index contributed by atoms with van der Waals surface area (Å²) in [4.78, 5) is 11.0. The van der Waals surface area contributed by atoms with E-state index in [1.165, 1.54) is 0 Å². The lowest BCUT2D eigenvalue weighted by molar-refractivity contribution is 0.0694. The van der Waals surface area contributed by atoms with Crippen LogP contribution in [0, 0.1) is 10.7 Å². The monoisotopic (exact) mass is 611 g/mol. The van der Waals surface area contributed by atoms with Crippen LogP contribution in [-0.4, -0.2) is 11.1 Å². The first-order valence-electron chi connectivity index (χ1n) is 4.04. The molecule has 12 heteroatoms. The van der Waals surface area contributed by atoms with Gasteiger partial charge in [-0.05, 0) is 6.07 Å². The molecule has 0 bridgehead atoms. The van der Waals surface area contributed by atoms with Crippen LogP contribution in [0.2, 0.25) is 0 Å². The minimum absolute atomic E-state index is 0.609. The minimum atomic E-state index is -4.49. The summed E-state index contributed by atoms with van der Waals surface area (Å²) in [6.07, 6.45) is 0. The highest BCUT2D eigenvalue weighted by atomic mass is 127. The van der Waals surface area contributed by atoms with Gasteiger partial charge in [0.05, 0.1) is 14.8 Å². The number of hydrogen-bond donors (Lipinski definition) is 2. The molecule has 1 aromatic rings. The number of carbonyl (C=O) groups is 1. The summed E-state index contributed by atoms with van der Waals surface area (Å²) in [5.41, 5.74) is 3.63. The van der Waals surface area contributed by atoms with Crippen molar-refractivity contribution in [3.05, 3.63) is 22.3 Å². The molecule has 0 fully saturated rings. The van der Waals surface area contributed by atoms with Gasteiger partial charge in [0, 0.05) is 0 Å². The fourth-order valence-electron chi connectivity index (χ4n) is 1.21. The molecule has 0 radical (unpaired) electrons. The third-order valence-corrected chi connectivity index (χ3v) is 7.55. The SMILES string of the molecule is Nc1c(I(=O)=O)cc(I(=O)=O)c(C(=O)O)c1I(=O)=O. The van der Waals surface area contributed by atoms with E-state index in [4.69, 9.17) is 10.8 Å². The molecule has 0 spiro atoms. The van der Waals surface area contributed by atoms with Gasteiger partial charge in [-0.2, -0.15) is 0 Å². The van der Waals surface area contributed by atoms with Crippen molar-refractivity contribution in [3.63, 3.8) is 0 Å². The van der Waals surface area contributed by atoms with Crippen LogP contribution in [0.1, 0.15) is 10.4 Å². The summed E-state index contributed by atoms with van der Waals surface area (Å²) in [5, 5.41) is 8.89. The molecule has 0 heterocycles. The first-order valence-corrected chi connectivity index (χ1v) is 12.6. The number of aromatic carboxylic acids is 1. The number of anilines is 1. The van der Waals surface area contributed by atoms with Gasteiger partial charge in [-0.1, -0.05) is 0 Å². The number of hydrogen-bond acceptors (Lipinski definition) is 8. The number of rotatable bonds is 4. The quantitative estimate of drug-likeness (QED) is 0.383. The number of halogens is 3. The molecule has 0 aliphatic carbocycles. The summed E-state index contributed by atoms with van der Waals surface area (Å²) in [5.74, 6) is -1.79. The molecule has 0 saturated carbocycles. The topological polar surface area (TPSA) is 166 Å². The lowest BCUT2D eigenvalue weighted by Crippen LogP contribution is -2.09. The zero-order chi connectivity index (χ0) is 14.9. The van der Waals surface area contributed by atoms with Gasteiger partial charge < -0.3 is 10.8 Å². The van der Waals surface area contributed by atoms with Crippen molar-refractivity contribution in [2.24, 2.45) is 0 Å². The Hall–Kier alpha value is -0.520. The van der Waals surface area contributed by atoms with Crippen molar-refractivity contribution in [1.29, 1.82) is 0 Å². The third kappa shape index (κ3) is 3.33. The predicted octanol–water partition coefficient (Wildman–Crippen LogP) is 2.07. The molecule has 1 rings (SSSR count). The van der Waals surface area contributed by atoms with Crippen LogP contribution in [-0.2, 0) is 18.4 Å². The van der Waals surface area contributed by atoms with Crippen molar-refractivity contribution in [2.75, 3.05) is 5.73 Å². The van der Waals surface area contributed by atoms with Gasteiger partial charge in [0.15, 0.2) is 0 Å². The van der Waals surface area contributed by atoms with E-state index in [2.05, 4.69) is 0 Å². The molecule has 106 valence electrons. The Kier molecular flexibility index (Phi) is 5.47. The molecule has 9 nitrogen and oxygen atoms in total. The first-order chi connectivity index (χ1) is 8.68. The van der Waals surface area contributed by atoms with Crippen LogP contribution < -0.4 is 5.73 Å². The molecular formula is C7H4I3NO8. The Morgan fingerprint density at radius 1 is 0.947 bits per heavy atom. The van der Waals surface area contributed by atoms with Gasteiger partial charge in [-0.15, -0.1) is 0 Å². The summed E-state index contributed by atoms with van der Waals surface area (Å²) in [6, 6.07) is 0.609. The molecule has 0 aromatic heterocycles. The largest absolute Gasteiger partial charge is 0.478 e. The van der Waals surface area contributed by atoms with Crippen molar-refractivity contribution in [1.82, 2.24) is 0 Å². The van der Waals surface area contributed by atoms with Crippen LogP contribution in [0.25, 0.3) is 0 Å². The van der Waals surface area contributed by atoms with Gasteiger partial charge >= 0.3 is 65.3 Å². The molecule has 0 saturated heterocycles. The van der Waals surface area contributed by atoms with E-state index in [-0.39, 0.29) is 0 Å². The van der Waals surface area contributed by atoms with Gasteiger partial charge in [0.1, 0.15) is 7.14 Å². The fourth-order valence-corrected chi connectivity index (χ4v) is 7.38. The van der Waals surface area contributed by atoms with Gasteiger partial charge in [0.2, 0.25) is 0 Å². The zero-order valence-corrected chi connectivity index (χ0v) is 15.1.